The molecule has 1 N–H and O–H groups in total. The maximum atomic E-state index is 13.4. The van der Waals surface area contributed by atoms with Gasteiger partial charge in [0.1, 0.15) is 11.6 Å². The van der Waals surface area contributed by atoms with Crippen molar-refractivity contribution in [1.29, 1.82) is 5.26 Å². The molecule has 0 spiro atoms. The zero-order valence-corrected chi connectivity index (χ0v) is 19.6. The second kappa shape index (κ2) is 10.5. The molecule has 0 aromatic carbocycles. The SMILES string of the molecule is CCOC(=O)N1CCN(C(=O)[C@H](CC2(C)C=C(C#N)C=CC2)NC(=O)OC(C)(C)C)CC1. The molecule has 1 unspecified atom stereocenters. The number of nitriles is 1. The minimum Gasteiger partial charge on any atom is -0.450 e. The maximum absolute atomic E-state index is 13.4. The van der Waals surface area contributed by atoms with Crippen LogP contribution in [-0.2, 0) is 14.3 Å². The molecule has 1 fully saturated rings. The molecule has 0 radical (unpaired) electrons. The van der Waals surface area contributed by atoms with E-state index >= 15 is 0 Å². The van der Waals surface area contributed by atoms with Gasteiger partial charge in [-0.05, 0) is 52.0 Å². The predicted octanol–water partition coefficient (Wildman–Crippen LogP) is 2.99. The van der Waals surface area contributed by atoms with Gasteiger partial charge in [0.2, 0.25) is 5.91 Å². The third-order valence-electron chi connectivity index (χ3n) is 5.29. The van der Waals surface area contributed by atoms with E-state index in [9.17, 15) is 19.6 Å². The van der Waals surface area contributed by atoms with E-state index in [0.717, 1.165) is 0 Å². The summed E-state index contributed by atoms with van der Waals surface area (Å²) in [4.78, 5) is 41.0. The smallest absolute Gasteiger partial charge is 0.409 e. The monoisotopic (exact) mass is 446 g/mol. The van der Waals surface area contributed by atoms with Crippen molar-refractivity contribution < 1.29 is 23.9 Å². The Kier molecular flexibility index (Phi) is 8.31. The normalized spacial score (nSPS) is 21.8. The molecular weight excluding hydrogens is 412 g/mol. The Labute approximate surface area is 190 Å². The number of nitrogens with zero attached hydrogens (tertiary/aromatic N) is 3. The number of rotatable bonds is 5. The van der Waals surface area contributed by atoms with E-state index < -0.39 is 29.2 Å². The topological polar surface area (TPSA) is 112 Å². The zero-order valence-electron chi connectivity index (χ0n) is 19.6. The van der Waals surface area contributed by atoms with Gasteiger partial charge in [0.15, 0.2) is 0 Å². The van der Waals surface area contributed by atoms with Crippen molar-refractivity contribution in [2.24, 2.45) is 5.41 Å². The minimum absolute atomic E-state index is 0.234. The van der Waals surface area contributed by atoms with Crippen molar-refractivity contribution in [3.05, 3.63) is 23.8 Å². The van der Waals surface area contributed by atoms with Gasteiger partial charge in [-0.15, -0.1) is 0 Å². The Morgan fingerprint density at radius 3 is 2.41 bits per heavy atom. The van der Waals surface area contributed by atoms with Gasteiger partial charge in [0.25, 0.3) is 0 Å². The number of allylic oxidation sites excluding steroid dienone is 4. The Balaban J connectivity index is 2.14. The Bertz CT molecular complexity index is 815. The summed E-state index contributed by atoms with van der Waals surface area (Å²) in [6.45, 7) is 10.7. The number of carbonyl (C=O) groups is 3. The van der Waals surface area contributed by atoms with E-state index in [-0.39, 0.29) is 5.91 Å². The molecule has 1 aliphatic carbocycles. The van der Waals surface area contributed by atoms with Crippen LogP contribution in [0, 0.1) is 16.7 Å². The first-order valence-corrected chi connectivity index (χ1v) is 11.0. The van der Waals surface area contributed by atoms with Gasteiger partial charge in [-0.25, -0.2) is 9.59 Å². The van der Waals surface area contributed by atoms with Crippen LogP contribution in [-0.4, -0.2) is 72.3 Å². The number of alkyl carbamates (subject to hydrolysis) is 1. The van der Waals surface area contributed by atoms with Gasteiger partial charge in [-0.1, -0.05) is 19.1 Å². The molecule has 1 heterocycles. The van der Waals surface area contributed by atoms with E-state index in [1.54, 1.807) is 43.6 Å². The van der Waals surface area contributed by atoms with Crippen LogP contribution in [0.15, 0.2) is 23.8 Å². The summed E-state index contributed by atoms with van der Waals surface area (Å²) in [5.74, 6) is -0.234. The average molecular weight is 447 g/mol. The summed E-state index contributed by atoms with van der Waals surface area (Å²) in [7, 11) is 0. The molecule has 0 saturated carbocycles. The molecule has 9 nitrogen and oxygen atoms in total. The van der Waals surface area contributed by atoms with Crippen molar-refractivity contribution in [2.75, 3.05) is 32.8 Å². The molecule has 32 heavy (non-hydrogen) atoms. The number of hydrogen-bond donors (Lipinski definition) is 1. The lowest BCUT2D eigenvalue weighted by Gasteiger charge is -2.38. The van der Waals surface area contributed by atoms with Crippen molar-refractivity contribution in [3.8, 4) is 6.07 Å². The molecule has 3 amide bonds. The number of nitrogens with one attached hydrogen (secondary N) is 1. The first-order valence-electron chi connectivity index (χ1n) is 11.0. The summed E-state index contributed by atoms with van der Waals surface area (Å²) < 4.78 is 10.4. The molecule has 9 heteroatoms. The van der Waals surface area contributed by atoms with E-state index in [2.05, 4.69) is 11.4 Å². The maximum Gasteiger partial charge on any atom is 0.409 e. The molecule has 2 aliphatic rings. The Morgan fingerprint density at radius 2 is 1.84 bits per heavy atom. The van der Waals surface area contributed by atoms with Gasteiger partial charge in [-0.2, -0.15) is 5.26 Å². The second-order valence-electron chi connectivity index (χ2n) is 9.39. The highest BCUT2D eigenvalue weighted by atomic mass is 16.6. The van der Waals surface area contributed by atoms with Crippen LogP contribution in [0.4, 0.5) is 9.59 Å². The van der Waals surface area contributed by atoms with Crippen LogP contribution in [0.3, 0.4) is 0 Å². The predicted molar refractivity (Wildman–Crippen MR) is 119 cm³/mol. The van der Waals surface area contributed by atoms with E-state index in [4.69, 9.17) is 9.47 Å². The molecular formula is C23H34N4O5. The molecule has 1 aliphatic heterocycles. The van der Waals surface area contributed by atoms with E-state index in [1.807, 2.05) is 19.1 Å². The molecule has 2 rings (SSSR count). The lowest BCUT2D eigenvalue weighted by Crippen LogP contribution is -2.57. The van der Waals surface area contributed by atoms with Gasteiger partial charge in [-0.3, -0.25) is 4.79 Å². The van der Waals surface area contributed by atoms with E-state index in [1.165, 1.54) is 0 Å². The highest BCUT2D eigenvalue weighted by Crippen LogP contribution is 2.35. The fourth-order valence-electron chi connectivity index (χ4n) is 3.81. The number of amides is 3. The van der Waals surface area contributed by atoms with Gasteiger partial charge in [0, 0.05) is 31.8 Å². The fraction of sp³-hybridized carbons (Fsp3) is 0.652. The van der Waals surface area contributed by atoms with Crippen molar-refractivity contribution in [3.63, 3.8) is 0 Å². The molecule has 0 aromatic heterocycles. The third-order valence-corrected chi connectivity index (χ3v) is 5.29. The van der Waals surface area contributed by atoms with Gasteiger partial charge >= 0.3 is 12.2 Å². The second-order valence-corrected chi connectivity index (χ2v) is 9.39. The highest BCUT2D eigenvalue weighted by Gasteiger charge is 2.36. The van der Waals surface area contributed by atoms with Gasteiger partial charge < -0.3 is 24.6 Å². The van der Waals surface area contributed by atoms with Crippen LogP contribution < -0.4 is 5.32 Å². The quantitative estimate of drug-likeness (QED) is 0.695. The first kappa shape index (κ1) is 25.2. The zero-order chi connectivity index (χ0) is 23.9. The fourth-order valence-corrected chi connectivity index (χ4v) is 3.81. The number of hydrogen-bond acceptors (Lipinski definition) is 6. The molecule has 176 valence electrons. The van der Waals surface area contributed by atoms with Crippen LogP contribution in [0.5, 0.6) is 0 Å². The van der Waals surface area contributed by atoms with E-state index in [0.29, 0.717) is 51.2 Å². The molecule has 0 bridgehead atoms. The largest absolute Gasteiger partial charge is 0.450 e. The van der Waals surface area contributed by atoms with Crippen LogP contribution in [0.2, 0.25) is 0 Å². The Hall–Kier alpha value is -3.02. The van der Waals surface area contributed by atoms with Crippen LogP contribution >= 0.6 is 0 Å². The minimum atomic E-state index is -0.827. The van der Waals surface area contributed by atoms with Crippen molar-refractivity contribution in [2.45, 2.75) is 59.1 Å². The summed E-state index contributed by atoms with van der Waals surface area (Å²) in [6.07, 6.45) is 5.43. The summed E-state index contributed by atoms with van der Waals surface area (Å²) in [6, 6.07) is 1.31. The van der Waals surface area contributed by atoms with Crippen LogP contribution in [0.25, 0.3) is 0 Å². The van der Waals surface area contributed by atoms with Crippen LogP contribution in [0.1, 0.15) is 47.5 Å². The molecule has 2 atom stereocenters. The summed E-state index contributed by atoms with van der Waals surface area (Å²) >= 11 is 0. The Morgan fingerprint density at radius 1 is 1.22 bits per heavy atom. The number of carbonyl (C=O) groups excluding carboxylic acids is 3. The average Bonchev–Trinajstić information content (AvgIpc) is 2.71. The number of ether oxygens (including phenoxy) is 2. The standard InChI is InChI=1S/C23H34N4O5/c1-6-31-21(30)27-12-10-26(11-13-27)19(28)18(25-20(29)32-22(2,3)4)15-23(5)9-7-8-17(14-23)16-24/h7-8,14,18H,6,9-13,15H2,1-5H3,(H,25,29)/t18-,23?/m0/s1. The summed E-state index contributed by atoms with van der Waals surface area (Å²) in [5.41, 5.74) is -0.638. The van der Waals surface area contributed by atoms with Crippen molar-refractivity contribution in [1.82, 2.24) is 15.1 Å². The summed E-state index contributed by atoms with van der Waals surface area (Å²) in [5, 5.41) is 12.0. The molecule has 0 aromatic rings. The lowest BCUT2D eigenvalue weighted by molar-refractivity contribution is -0.135. The first-order chi connectivity index (χ1) is 15.0. The van der Waals surface area contributed by atoms with Gasteiger partial charge in [0.05, 0.1) is 12.7 Å². The number of piperazine rings is 1. The van der Waals surface area contributed by atoms with Crippen molar-refractivity contribution >= 4 is 18.1 Å². The molecule has 1 saturated heterocycles. The lowest BCUT2D eigenvalue weighted by atomic mass is 9.76. The third kappa shape index (κ3) is 7.29. The highest BCUT2D eigenvalue weighted by molar-refractivity contribution is 5.86.